The average molecular weight is 446 g/mol. The van der Waals surface area contributed by atoms with Gasteiger partial charge in [-0.3, -0.25) is 14.4 Å². The molecule has 0 unspecified atom stereocenters. The molecule has 1 amide bonds. The summed E-state index contributed by atoms with van der Waals surface area (Å²) in [6, 6.07) is 13.9. The van der Waals surface area contributed by atoms with Crippen LogP contribution in [0.5, 0.6) is 0 Å². The summed E-state index contributed by atoms with van der Waals surface area (Å²) in [5.74, 6) is -0.628. The van der Waals surface area contributed by atoms with Crippen molar-refractivity contribution in [1.82, 2.24) is 5.32 Å². The molecule has 0 saturated heterocycles. The molecule has 0 saturated carbocycles. The van der Waals surface area contributed by atoms with Crippen molar-refractivity contribution in [3.05, 3.63) is 69.7 Å². The van der Waals surface area contributed by atoms with Crippen LogP contribution in [0.25, 0.3) is 0 Å². The Morgan fingerprint density at radius 2 is 1.54 bits per heavy atom. The van der Waals surface area contributed by atoms with Gasteiger partial charge in [-0.1, -0.05) is 47.0 Å². The molecular formula is C22H24BrNO4. The Labute approximate surface area is 173 Å². The lowest BCUT2D eigenvalue weighted by atomic mass is 9.98. The Morgan fingerprint density at radius 3 is 2.21 bits per heavy atom. The Kier molecular flexibility index (Phi) is 8.88. The summed E-state index contributed by atoms with van der Waals surface area (Å²) in [6.07, 6.45) is 3.84. The van der Waals surface area contributed by atoms with Crippen LogP contribution in [0.4, 0.5) is 0 Å². The van der Waals surface area contributed by atoms with Crippen molar-refractivity contribution in [2.45, 2.75) is 32.1 Å². The zero-order valence-electron chi connectivity index (χ0n) is 15.9. The Balaban J connectivity index is 1.87. The number of rotatable bonds is 10. The fraction of sp³-hybridized carbons (Fsp3) is 0.318. The smallest absolute Gasteiger partial charge is 0.305 e. The van der Waals surface area contributed by atoms with Gasteiger partial charge in [-0.2, -0.15) is 0 Å². The maximum absolute atomic E-state index is 12.8. The number of unbranched alkanes of at least 4 members (excludes halogenated alkanes) is 3. The molecule has 6 heteroatoms. The van der Waals surface area contributed by atoms with Gasteiger partial charge in [0.15, 0.2) is 5.78 Å². The number of carbonyl (C=O) groups excluding carboxylic acids is 3. The van der Waals surface area contributed by atoms with E-state index >= 15 is 0 Å². The summed E-state index contributed by atoms with van der Waals surface area (Å²) in [4.78, 5) is 36.4. The molecule has 0 aromatic heterocycles. The van der Waals surface area contributed by atoms with E-state index in [1.54, 1.807) is 48.5 Å². The molecule has 148 valence electrons. The number of hydrogen-bond donors (Lipinski definition) is 1. The third kappa shape index (κ3) is 6.60. The number of ketones is 1. The van der Waals surface area contributed by atoms with Gasteiger partial charge in [-0.25, -0.2) is 0 Å². The fourth-order valence-corrected chi connectivity index (χ4v) is 3.05. The maximum Gasteiger partial charge on any atom is 0.305 e. The Hall–Kier alpha value is -2.47. The second-order valence-corrected chi connectivity index (χ2v) is 7.29. The zero-order valence-corrected chi connectivity index (χ0v) is 17.5. The molecule has 0 bridgehead atoms. The lowest BCUT2D eigenvalue weighted by Gasteiger charge is -2.10. The zero-order chi connectivity index (χ0) is 20.4. The van der Waals surface area contributed by atoms with Gasteiger partial charge in [-0.05, 0) is 43.2 Å². The van der Waals surface area contributed by atoms with Crippen LogP contribution in [0, 0.1) is 0 Å². The van der Waals surface area contributed by atoms with Gasteiger partial charge < -0.3 is 10.1 Å². The highest BCUT2D eigenvalue weighted by molar-refractivity contribution is 9.10. The summed E-state index contributed by atoms with van der Waals surface area (Å²) in [5, 5.41) is 2.88. The standard InChI is InChI=1S/C22H24BrNO4/c1-28-20(25)10-4-2-3-7-15-24-22(27)19-9-6-5-8-18(19)21(26)16-11-13-17(23)14-12-16/h5-6,8-9,11-14H,2-4,7,10,15H2,1H3,(H,24,27). The largest absolute Gasteiger partial charge is 0.469 e. The second kappa shape index (κ2) is 11.4. The third-order valence-electron chi connectivity index (χ3n) is 4.34. The van der Waals surface area contributed by atoms with E-state index in [-0.39, 0.29) is 17.7 Å². The predicted octanol–water partition coefficient (Wildman–Crippen LogP) is 4.53. The molecule has 0 spiro atoms. The van der Waals surface area contributed by atoms with Gasteiger partial charge >= 0.3 is 5.97 Å². The second-order valence-electron chi connectivity index (χ2n) is 6.38. The van der Waals surface area contributed by atoms with Crippen molar-refractivity contribution in [2.24, 2.45) is 0 Å². The van der Waals surface area contributed by atoms with E-state index in [0.717, 1.165) is 30.2 Å². The molecule has 2 rings (SSSR count). The van der Waals surface area contributed by atoms with Crippen LogP contribution >= 0.6 is 15.9 Å². The number of amides is 1. The third-order valence-corrected chi connectivity index (χ3v) is 4.87. The van der Waals surface area contributed by atoms with Crippen LogP contribution in [0.3, 0.4) is 0 Å². The van der Waals surface area contributed by atoms with Crippen molar-refractivity contribution in [2.75, 3.05) is 13.7 Å². The van der Waals surface area contributed by atoms with E-state index in [9.17, 15) is 14.4 Å². The van der Waals surface area contributed by atoms with Crippen molar-refractivity contribution in [3.63, 3.8) is 0 Å². The summed E-state index contributed by atoms with van der Waals surface area (Å²) in [6.45, 7) is 0.526. The highest BCUT2D eigenvalue weighted by Gasteiger charge is 2.17. The number of hydrogen-bond acceptors (Lipinski definition) is 4. The van der Waals surface area contributed by atoms with Gasteiger partial charge in [0.05, 0.1) is 12.7 Å². The highest BCUT2D eigenvalue weighted by atomic mass is 79.9. The van der Waals surface area contributed by atoms with Gasteiger partial charge in [0.25, 0.3) is 5.91 Å². The van der Waals surface area contributed by atoms with Crippen molar-refractivity contribution in [3.8, 4) is 0 Å². The maximum atomic E-state index is 12.8. The highest BCUT2D eigenvalue weighted by Crippen LogP contribution is 2.17. The fourth-order valence-electron chi connectivity index (χ4n) is 2.78. The first-order valence-corrected chi connectivity index (χ1v) is 10.1. The molecular weight excluding hydrogens is 422 g/mol. The van der Waals surface area contributed by atoms with Crippen molar-refractivity contribution >= 4 is 33.6 Å². The minimum atomic E-state index is -0.254. The number of benzene rings is 2. The first-order valence-electron chi connectivity index (χ1n) is 9.27. The van der Waals surface area contributed by atoms with E-state index in [1.165, 1.54) is 7.11 Å². The minimum absolute atomic E-state index is 0.180. The Bertz CT molecular complexity index is 818. The molecule has 0 radical (unpaired) electrons. The van der Waals surface area contributed by atoms with Crippen molar-refractivity contribution < 1.29 is 19.1 Å². The van der Waals surface area contributed by atoms with Gasteiger partial charge in [0.2, 0.25) is 0 Å². The van der Waals surface area contributed by atoms with Crippen LogP contribution in [-0.2, 0) is 9.53 Å². The SMILES string of the molecule is COC(=O)CCCCCCNC(=O)c1ccccc1C(=O)c1ccc(Br)cc1. The molecule has 0 aliphatic carbocycles. The molecule has 0 atom stereocenters. The molecule has 1 N–H and O–H groups in total. The van der Waals surface area contributed by atoms with Gasteiger partial charge in [-0.15, -0.1) is 0 Å². The van der Waals surface area contributed by atoms with Crippen LogP contribution in [0.2, 0.25) is 0 Å². The number of nitrogens with one attached hydrogen (secondary N) is 1. The van der Waals surface area contributed by atoms with E-state index in [4.69, 9.17) is 0 Å². The average Bonchev–Trinajstić information content (AvgIpc) is 2.72. The van der Waals surface area contributed by atoms with E-state index < -0.39 is 0 Å². The molecule has 5 nitrogen and oxygen atoms in total. The minimum Gasteiger partial charge on any atom is -0.469 e. The normalized spacial score (nSPS) is 10.4. The molecule has 0 aliphatic heterocycles. The lowest BCUT2D eigenvalue weighted by molar-refractivity contribution is -0.140. The van der Waals surface area contributed by atoms with Gasteiger partial charge in [0, 0.05) is 28.6 Å². The number of esters is 1. The van der Waals surface area contributed by atoms with Crippen molar-refractivity contribution in [1.29, 1.82) is 0 Å². The van der Waals surface area contributed by atoms with Crippen LogP contribution in [0.15, 0.2) is 53.0 Å². The Morgan fingerprint density at radius 1 is 0.893 bits per heavy atom. The number of methoxy groups -OCH3 is 1. The molecule has 2 aromatic rings. The van der Waals surface area contributed by atoms with E-state index in [2.05, 4.69) is 26.0 Å². The quantitative estimate of drug-likeness (QED) is 0.331. The van der Waals surface area contributed by atoms with Crippen LogP contribution < -0.4 is 5.32 Å². The van der Waals surface area contributed by atoms with Crippen LogP contribution in [0.1, 0.15) is 58.4 Å². The number of halogens is 1. The number of carbonyl (C=O) groups is 3. The molecule has 0 heterocycles. The first-order chi connectivity index (χ1) is 13.5. The van der Waals surface area contributed by atoms with E-state index in [0.29, 0.717) is 29.7 Å². The summed E-state index contributed by atoms with van der Waals surface area (Å²) >= 11 is 3.35. The monoisotopic (exact) mass is 445 g/mol. The summed E-state index contributed by atoms with van der Waals surface area (Å²) in [5.41, 5.74) is 1.30. The molecule has 28 heavy (non-hydrogen) atoms. The molecule has 0 aliphatic rings. The first kappa shape index (κ1) is 21.8. The summed E-state index contributed by atoms with van der Waals surface area (Å²) in [7, 11) is 1.39. The summed E-state index contributed by atoms with van der Waals surface area (Å²) < 4.78 is 5.49. The molecule has 0 fully saturated rings. The van der Waals surface area contributed by atoms with E-state index in [1.807, 2.05) is 0 Å². The van der Waals surface area contributed by atoms with Crippen LogP contribution in [-0.4, -0.2) is 31.3 Å². The molecule has 2 aromatic carbocycles. The predicted molar refractivity (Wildman–Crippen MR) is 111 cm³/mol. The van der Waals surface area contributed by atoms with Gasteiger partial charge in [0.1, 0.15) is 0 Å². The number of ether oxygens (including phenoxy) is 1. The topological polar surface area (TPSA) is 72.5 Å². The lowest BCUT2D eigenvalue weighted by Crippen LogP contribution is -2.26.